The van der Waals surface area contributed by atoms with E-state index in [9.17, 15) is 14.9 Å². The molecule has 1 heterocycles. The minimum Gasteiger partial charge on any atom is -0.493 e. The third-order valence-corrected chi connectivity index (χ3v) is 5.01. The number of carbonyl (C=O) groups excluding carboxylic acids is 1. The highest BCUT2D eigenvalue weighted by Crippen LogP contribution is 2.46. The zero-order chi connectivity index (χ0) is 20.3. The summed E-state index contributed by atoms with van der Waals surface area (Å²) in [5, 5.41) is 15.0. The van der Waals surface area contributed by atoms with Crippen molar-refractivity contribution in [3.8, 4) is 17.2 Å². The molecule has 1 aromatic heterocycles. The third kappa shape index (κ3) is 3.54. The molecular formula is C18H17N3O6S. The molecule has 0 saturated heterocycles. The van der Waals surface area contributed by atoms with Crippen LogP contribution in [-0.4, -0.2) is 37.1 Å². The molecule has 28 heavy (non-hydrogen) atoms. The molecule has 0 aliphatic heterocycles. The van der Waals surface area contributed by atoms with E-state index in [1.54, 1.807) is 0 Å². The van der Waals surface area contributed by atoms with E-state index >= 15 is 0 Å². The van der Waals surface area contributed by atoms with Crippen LogP contribution in [0.3, 0.4) is 0 Å². The Bertz CT molecular complexity index is 1020. The van der Waals surface area contributed by atoms with Crippen molar-refractivity contribution in [2.24, 2.45) is 0 Å². The predicted molar refractivity (Wildman–Crippen MR) is 104 cm³/mol. The van der Waals surface area contributed by atoms with Crippen LogP contribution in [-0.2, 0) is 6.54 Å². The molecule has 0 spiro atoms. The predicted octanol–water partition coefficient (Wildman–Crippen LogP) is 3.16. The van der Waals surface area contributed by atoms with Gasteiger partial charge in [0.1, 0.15) is 10.6 Å². The summed E-state index contributed by atoms with van der Waals surface area (Å²) in [5.41, 5.74) is 0.137. The van der Waals surface area contributed by atoms with Crippen LogP contribution in [0.2, 0.25) is 0 Å². The lowest BCUT2D eigenvalue weighted by Crippen LogP contribution is -2.24. The molecule has 3 aromatic rings. The Hall–Kier alpha value is -3.40. The van der Waals surface area contributed by atoms with Crippen molar-refractivity contribution in [1.82, 2.24) is 10.3 Å². The number of methoxy groups -OCH3 is 3. The highest BCUT2D eigenvalue weighted by molar-refractivity contribution is 7.18. The van der Waals surface area contributed by atoms with E-state index in [4.69, 9.17) is 14.2 Å². The molecule has 0 aliphatic carbocycles. The van der Waals surface area contributed by atoms with Crippen LogP contribution in [0.25, 0.3) is 10.2 Å². The minimum absolute atomic E-state index is 0.0411. The fourth-order valence-corrected chi connectivity index (χ4v) is 3.65. The highest BCUT2D eigenvalue weighted by atomic mass is 32.1. The zero-order valence-electron chi connectivity index (χ0n) is 15.3. The zero-order valence-corrected chi connectivity index (χ0v) is 16.2. The summed E-state index contributed by atoms with van der Waals surface area (Å²) in [7, 11) is 3.95. The molecule has 1 amide bonds. The molecule has 0 unspecified atom stereocenters. The maximum absolute atomic E-state index is 12.7. The molecule has 146 valence electrons. The number of nitrogens with zero attached hydrogens (tertiary/aromatic N) is 2. The Morgan fingerprint density at radius 2 is 1.89 bits per heavy atom. The number of carbonyl (C=O) groups is 1. The number of amides is 1. The summed E-state index contributed by atoms with van der Waals surface area (Å²) < 4.78 is 16.5. The van der Waals surface area contributed by atoms with Gasteiger partial charge in [-0.1, -0.05) is 12.1 Å². The van der Waals surface area contributed by atoms with E-state index in [1.165, 1.54) is 38.7 Å². The van der Waals surface area contributed by atoms with Crippen LogP contribution in [0.15, 0.2) is 30.3 Å². The molecule has 0 radical (unpaired) electrons. The second-order valence-electron chi connectivity index (χ2n) is 5.56. The standard InChI is InChI=1S/C18H17N3O6S/c1-25-12-8-10(15(21(23)24)17(27-3)16(12)26-2)18(22)19-9-14-20-11-6-4-5-7-13(11)28-14/h4-8H,9H2,1-3H3,(H,19,22). The van der Waals surface area contributed by atoms with Gasteiger partial charge in [-0.05, 0) is 12.1 Å². The number of benzene rings is 2. The van der Waals surface area contributed by atoms with E-state index < -0.39 is 16.5 Å². The molecule has 0 saturated carbocycles. The lowest BCUT2D eigenvalue weighted by Gasteiger charge is -2.14. The number of aromatic nitrogens is 1. The lowest BCUT2D eigenvalue weighted by atomic mass is 10.1. The lowest BCUT2D eigenvalue weighted by molar-refractivity contribution is -0.386. The van der Waals surface area contributed by atoms with Crippen molar-refractivity contribution >= 4 is 33.1 Å². The number of nitro benzene ring substituents is 1. The fourth-order valence-electron chi connectivity index (χ4n) is 2.74. The van der Waals surface area contributed by atoms with Gasteiger partial charge in [0.05, 0.1) is 43.0 Å². The number of hydrogen-bond acceptors (Lipinski definition) is 8. The van der Waals surface area contributed by atoms with Crippen molar-refractivity contribution in [3.63, 3.8) is 0 Å². The van der Waals surface area contributed by atoms with Crippen LogP contribution >= 0.6 is 11.3 Å². The van der Waals surface area contributed by atoms with E-state index in [2.05, 4.69) is 10.3 Å². The number of nitrogens with one attached hydrogen (secondary N) is 1. The second-order valence-corrected chi connectivity index (χ2v) is 6.67. The quantitative estimate of drug-likeness (QED) is 0.476. The first-order chi connectivity index (χ1) is 13.5. The number of fused-ring (bicyclic) bond motifs is 1. The SMILES string of the molecule is COc1cc(C(=O)NCc2nc3ccccc3s2)c([N+](=O)[O-])c(OC)c1OC. The molecular weight excluding hydrogens is 386 g/mol. The topological polar surface area (TPSA) is 113 Å². The minimum atomic E-state index is -0.687. The van der Waals surface area contributed by atoms with Gasteiger partial charge in [-0.15, -0.1) is 11.3 Å². The van der Waals surface area contributed by atoms with Gasteiger partial charge < -0.3 is 19.5 Å². The van der Waals surface area contributed by atoms with Crippen LogP contribution in [0.1, 0.15) is 15.4 Å². The van der Waals surface area contributed by atoms with Gasteiger partial charge in [0.15, 0.2) is 5.75 Å². The maximum atomic E-state index is 12.7. The molecule has 2 aromatic carbocycles. The second kappa shape index (κ2) is 8.09. The summed E-state index contributed by atoms with van der Waals surface area (Å²) in [6, 6.07) is 8.85. The molecule has 9 nitrogen and oxygen atoms in total. The van der Waals surface area contributed by atoms with Gasteiger partial charge in [-0.3, -0.25) is 14.9 Å². The van der Waals surface area contributed by atoms with Crippen molar-refractivity contribution in [2.75, 3.05) is 21.3 Å². The van der Waals surface area contributed by atoms with Crippen molar-refractivity contribution in [2.45, 2.75) is 6.54 Å². The van der Waals surface area contributed by atoms with Crippen molar-refractivity contribution in [3.05, 3.63) is 51.0 Å². The Balaban J connectivity index is 1.94. The average Bonchev–Trinajstić information content (AvgIpc) is 3.12. The van der Waals surface area contributed by atoms with E-state index in [-0.39, 0.29) is 29.4 Å². The monoisotopic (exact) mass is 403 g/mol. The third-order valence-electron chi connectivity index (χ3n) is 3.97. The summed E-state index contributed by atoms with van der Waals surface area (Å²) in [5.74, 6) is -0.642. The van der Waals surface area contributed by atoms with Crippen molar-refractivity contribution in [1.29, 1.82) is 0 Å². The van der Waals surface area contributed by atoms with Crippen LogP contribution in [0.5, 0.6) is 17.2 Å². The molecule has 0 aliphatic rings. The molecule has 0 atom stereocenters. The Labute approximate surface area is 164 Å². The first-order valence-electron chi connectivity index (χ1n) is 8.10. The Kier molecular flexibility index (Phi) is 5.59. The van der Waals surface area contributed by atoms with Crippen molar-refractivity contribution < 1.29 is 23.9 Å². The molecule has 10 heteroatoms. The molecule has 0 bridgehead atoms. The van der Waals surface area contributed by atoms with E-state index in [1.807, 2.05) is 24.3 Å². The van der Waals surface area contributed by atoms with Gasteiger partial charge in [0.25, 0.3) is 5.91 Å². The van der Waals surface area contributed by atoms with Gasteiger partial charge in [0, 0.05) is 6.07 Å². The fraction of sp³-hybridized carbons (Fsp3) is 0.222. The summed E-state index contributed by atoms with van der Waals surface area (Å²) in [6.45, 7) is 0.131. The first-order valence-corrected chi connectivity index (χ1v) is 8.91. The Morgan fingerprint density at radius 1 is 1.18 bits per heavy atom. The van der Waals surface area contributed by atoms with Gasteiger partial charge in [-0.2, -0.15) is 0 Å². The average molecular weight is 403 g/mol. The van der Waals surface area contributed by atoms with E-state index in [0.717, 1.165) is 10.2 Å². The first kappa shape index (κ1) is 19.4. The summed E-state index contributed by atoms with van der Waals surface area (Å²) in [4.78, 5) is 28.1. The normalized spacial score (nSPS) is 10.5. The van der Waals surface area contributed by atoms with Gasteiger partial charge in [0.2, 0.25) is 11.5 Å². The smallest absolute Gasteiger partial charge is 0.327 e. The highest BCUT2D eigenvalue weighted by Gasteiger charge is 2.32. The number of thiazole rings is 1. The number of rotatable bonds is 7. The number of para-hydroxylation sites is 1. The summed E-state index contributed by atoms with van der Waals surface area (Å²) in [6.07, 6.45) is 0. The summed E-state index contributed by atoms with van der Waals surface area (Å²) >= 11 is 1.44. The number of ether oxygens (including phenoxy) is 3. The molecule has 3 rings (SSSR count). The number of nitro groups is 1. The van der Waals surface area contributed by atoms with E-state index in [0.29, 0.717) is 5.01 Å². The van der Waals surface area contributed by atoms with Gasteiger partial charge in [-0.25, -0.2) is 4.98 Å². The largest absolute Gasteiger partial charge is 0.493 e. The van der Waals surface area contributed by atoms with Crippen LogP contribution in [0.4, 0.5) is 5.69 Å². The van der Waals surface area contributed by atoms with Gasteiger partial charge >= 0.3 is 5.69 Å². The van der Waals surface area contributed by atoms with Crippen LogP contribution in [0, 0.1) is 10.1 Å². The van der Waals surface area contributed by atoms with Crippen LogP contribution < -0.4 is 19.5 Å². The molecule has 1 N–H and O–H groups in total. The number of hydrogen-bond donors (Lipinski definition) is 1. The Morgan fingerprint density at radius 3 is 2.50 bits per heavy atom. The maximum Gasteiger partial charge on any atom is 0.327 e. The molecule has 0 fully saturated rings.